The van der Waals surface area contributed by atoms with E-state index < -0.39 is 0 Å². The van der Waals surface area contributed by atoms with E-state index in [0.717, 1.165) is 6.04 Å². The molecule has 0 radical (unpaired) electrons. The normalized spacial score (nSPS) is 23.1. The number of hydrogen-bond acceptors (Lipinski definition) is 1. The summed E-state index contributed by atoms with van der Waals surface area (Å²) in [5.74, 6) is 0. The molecule has 0 aliphatic heterocycles. The third-order valence-electron chi connectivity index (χ3n) is 1.51. The standard InChI is InChI=1S/C5H9N.Ti/c6-5-3-1-2-4-5;/h5H,1-4H2;/q;+2. The summed E-state index contributed by atoms with van der Waals surface area (Å²) in [6.45, 7) is 0. The van der Waals surface area contributed by atoms with Gasteiger partial charge in [0.05, 0.1) is 0 Å². The first kappa shape index (κ1) is 5.65. The molecule has 0 atom stereocenters. The zero-order valence-electron chi connectivity index (χ0n) is 4.35. The van der Waals surface area contributed by atoms with Gasteiger partial charge in [-0.3, -0.25) is 0 Å². The first-order chi connectivity index (χ1) is 3.43. The summed E-state index contributed by atoms with van der Waals surface area (Å²) < 4.78 is 4.19. The van der Waals surface area contributed by atoms with Crippen molar-refractivity contribution in [3.63, 3.8) is 0 Å². The second kappa shape index (κ2) is 2.73. The molecule has 0 bridgehead atoms. The number of nitrogens with zero attached hydrogens (tertiary/aromatic N) is 1. The van der Waals surface area contributed by atoms with Crippen LogP contribution in [0.25, 0.3) is 0 Å². The topological polar surface area (TPSA) is 12.4 Å². The molecule has 1 rings (SSSR count). The molecule has 0 N–H and O–H groups in total. The van der Waals surface area contributed by atoms with E-state index in [1.807, 2.05) is 20.3 Å². The third-order valence-corrected chi connectivity index (χ3v) is 2.08. The van der Waals surface area contributed by atoms with Gasteiger partial charge >= 0.3 is 55.4 Å². The predicted octanol–water partition coefficient (Wildman–Crippen LogP) is 1.66. The molecule has 1 saturated carbocycles. The molecular formula is C5H9NTi+2. The van der Waals surface area contributed by atoms with Gasteiger partial charge in [0.2, 0.25) is 0 Å². The van der Waals surface area contributed by atoms with Crippen LogP contribution in [0.15, 0.2) is 3.42 Å². The first-order valence-electron chi connectivity index (χ1n) is 2.80. The Labute approximate surface area is 55.8 Å². The maximum absolute atomic E-state index is 4.19. The molecule has 0 aromatic heterocycles. The van der Waals surface area contributed by atoms with Crippen LogP contribution >= 0.6 is 0 Å². The molecule has 0 saturated heterocycles. The van der Waals surface area contributed by atoms with Crippen LogP contribution in [0.5, 0.6) is 0 Å². The van der Waals surface area contributed by atoms with E-state index in [1.165, 1.54) is 25.7 Å². The van der Waals surface area contributed by atoms with Crippen LogP contribution in [0.3, 0.4) is 0 Å². The Kier molecular flexibility index (Phi) is 2.20. The summed E-state index contributed by atoms with van der Waals surface area (Å²) in [5, 5.41) is 0. The van der Waals surface area contributed by atoms with Gasteiger partial charge in [-0.25, -0.2) is 0 Å². The molecule has 0 aromatic rings. The maximum atomic E-state index is 4.19. The Morgan fingerprint density at radius 3 is 2.14 bits per heavy atom. The summed E-state index contributed by atoms with van der Waals surface area (Å²) >= 11 is 1.93. The van der Waals surface area contributed by atoms with E-state index in [2.05, 4.69) is 3.42 Å². The molecule has 0 amide bonds. The van der Waals surface area contributed by atoms with E-state index in [1.54, 1.807) is 0 Å². The molecule has 1 fully saturated rings. The molecule has 1 aliphatic carbocycles. The Morgan fingerprint density at radius 1 is 1.29 bits per heavy atom. The van der Waals surface area contributed by atoms with E-state index in [0.29, 0.717) is 0 Å². The Balaban J connectivity index is 2.26. The zero-order valence-corrected chi connectivity index (χ0v) is 5.91. The molecule has 1 aliphatic rings. The SMILES string of the molecule is [Ti+2]=[N]C1CCCC1. The fourth-order valence-electron chi connectivity index (χ4n) is 1.03. The van der Waals surface area contributed by atoms with E-state index in [-0.39, 0.29) is 0 Å². The molecule has 0 spiro atoms. The van der Waals surface area contributed by atoms with Crippen LogP contribution < -0.4 is 0 Å². The average molecular weight is 131 g/mol. The summed E-state index contributed by atoms with van der Waals surface area (Å²) in [5.41, 5.74) is 0. The van der Waals surface area contributed by atoms with E-state index in [9.17, 15) is 0 Å². The predicted molar refractivity (Wildman–Crippen MR) is 24.7 cm³/mol. The van der Waals surface area contributed by atoms with Crippen molar-refractivity contribution in [1.29, 1.82) is 0 Å². The molecular weight excluding hydrogens is 122 g/mol. The van der Waals surface area contributed by atoms with Gasteiger partial charge in [-0.05, 0) is 0 Å². The molecule has 1 nitrogen and oxygen atoms in total. The van der Waals surface area contributed by atoms with Gasteiger partial charge in [0.15, 0.2) is 0 Å². The molecule has 0 unspecified atom stereocenters. The van der Waals surface area contributed by atoms with Gasteiger partial charge < -0.3 is 0 Å². The average Bonchev–Trinajstić information content (AvgIpc) is 2.14. The summed E-state index contributed by atoms with van der Waals surface area (Å²) in [6.07, 6.45) is 5.50. The Bertz CT molecular complexity index is 66.5. The monoisotopic (exact) mass is 131 g/mol. The fraction of sp³-hybridized carbons (Fsp3) is 1.00. The van der Waals surface area contributed by atoms with Crippen molar-refractivity contribution in [2.45, 2.75) is 31.7 Å². The van der Waals surface area contributed by atoms with Crippen molar-refractivity contribution in [2.75, 3.05) is 0 Å². The molecule has 0 heterocycles. The van der Waals surface area contributed by atoms with Crippen molar-refractivity contribution >= 4 is 0 Å². The third kappa shape index (κ3) is 1.47. The van der Waals surface area contributed by atoms with Gasteiger partial charge in [-0.15, -0.1) is 0 Å². The summed E-state index contributed by atoms with van der Waals surface area (Å²) in [4.78, 5) is 0. The van der Waals surface area contributed by atoms with Crippen molar-refractivity contribution < 1.29 is 20.3 Å². The first-order valence-corrected chi connectivity index (χ1v) is 3.50. The molecule has 2 heteroatoms. The minimum atomic E-state index is 0.722. The molecule has 36 valence electrons. The quantitative estimate of drug-likeness (QED) is 0.480. The second-order valence-corrected chi connectivity index (χ2v) is 2.47. The van der Waals surface area contributed by atoms with Crippen molar-refractivity contribution in [3.05, 3.63) is 0 Å². The van der Waals surface area contributed by atoms with Crippen molar-refractivity contribution in [1.82, 2.24) is 0 Å². The van der Waals surface area contributed by atoms with Crippen LogP contribution in [-0.2, 0) is 20.3 Å². The van der Waals surface area contributed by atoms with E-state index >= 15 is 0 Å². The minimum absolute atomic E-state index is 0.722. The van der Waals surface area contributed by atoms with Crippen molar-refractivity contribution in [2.24, 2.45) is 3.42 Å². The van der Waals surface area contributed by atoms with Crippen LogP contribution in [0.4, 0.5) is 0 Å². The summed E-state index contributed by atoms with van der Waals surface area (Å²) in [6, 6.07) is 0.722. The van der Waals surface area contributed by atoms with Crippen molar-refractivity contribution in [3.8, 4) is 0 Å². The molecule has 0 aromatic carbocycles. The summed E-state index contributed by atoms with van der Waals surface area (Å²) in [7, 11) is 0. The van der Waals surface area contributed by atoms with Gasteiger partial charge in [0.1, 0.15) is 0 Å². The number of hydrogen-bond donors (Lipinski definition) is 0. The van der Waals surface area contributed by atoms with E-state index in [4.69, 9.17) is 0 Å². The Hall–Kier alpha value is 0.514. The number of rotatable bonds is 1. The van der Waals surface area contributed by atoms with Crippen LogP contribution in [0, 0.1) is 0 Å². The van der Waals surface area contributed by atoms with Gasteiger partial charge in [-0.2, -0.15) is 0 Å². The zero-order chi connectivity index (χ0) is 5.11. The van der Waals surface area contributed by atoms with Gasteiger partial charge in [0.25, 0.3) is 0 Å². The second-order valence-electron chi connectivity index (χ2n) is 2.07. The van der Waals surface area contributed by atoms with Gasteiger partial charge in [-0.1, -0.05) is 0 Å². The van der Waals surface area contributed by atoms with Crippen LogP contribution in [-0.4, -0.2) is 6.04 Å². The fourth-order valence-corrected chi connectivity index (χ4v) is 1.44. The van der Waals surface area contributed by atoms with Crippen LogP contribution in [0.2, 0.25) is 0 Å². The van der Waals surface area contributed by atoms with Crippen LogP contribution in [0.1, 0.15) is 25.7 Å². The van der Waals surface area contributed by atoms with Gasteiger partial charge in [0, 0.05) is 0 Å². The molecule has 7 heavy (non-hydrogen) atoms. The Morgan fingerprint density at radius 2 is 1.86 bits per heavy atom.